The van der Waals surface area contributed by atoms with Crippen molar-refractivity contribution in [3.63, 3.8) is 0 Å². The van der Waals surface area contributed by atoms with Crippen LogP contribution in [0.25, 0.3) is 0 Å². The second-order valence-electron chi connectivity index (χ2n) is 5.86. The van der Waals surface area contributed by atoms with Crippen molar-refractivity contribution >= 4 is 17.9 Å². The molecule has 0 aliphatic carbocycles. The molecule has 0 fully saturated rings. The third kappa shape index (κ3) is 5.44. The molecule has 0 aliphatic heterocycles. The van der Waals surface area contributed by atoms with Crippen LogP contribution < -0.4 is 10.6 Å². The lowest BCUT2D eigenvalue weighted by molar-refractivity contribution is -0.156. The molecule has 0 heterocycles. The van der Waals surface area contributed by atoms with Gasteiger partial charge in [-0.3, -0.25) is 14.9 Å². The first-order valence-corrected chi connectivity index (χ1v) is 8.33. The van der Waals surface area contributed by atoms with Crippen LogP contribution in [0, 0.1) is 0 Å². The zero-order valence-corrected chi connectivity index (χ0v) is 14.8. The number of carbonyl (C=O) groups excluding carboxylic acids is 3. The molecule has 0 radical (unpaired) electrons. The molecule has 2 rings (SSSR count). The number of carbonyl (C=O) groups is 3. The van der Waals surface area contributed by atoms with E-state index in [9.17, 15) is 14.4 Å². The van der Waals surface area contributed by atoms with Gasteiger partial charge in [-0.15, -0.1) is 0 Å². The minimum absolute atomic E-state index is 0.0536. The Morgan fingerprint density at radius 1 is 0.923 bits per heavy atom. The number of benzene rings is 2. The first-order valence-electron chi connectivity index (χ1n) is 8.33. The van der Waals surface area contributed by atoms with Crippen LogP contribution in [-0.2, 0) is 14.3 Å². The smallest absolute Gasteiger partial charge is 0.321 e. The van der Waals surface area contributed by atoms with Crippen LogP contribution in [0.2, 0.25) is 0 Å². The molecule has 0 aromatic heterocycles. The summed E-state index contributed by atoms with van der Waals surface area (Å²) in [4.78, 5) is 36.1. The number of hydrogen-bond acceptors (Lipinski definition) is 4. The number of ether oxygens (including phenoxy) is 1. The minimum atomic E-state index is -1.19. The van der Waals surface area contributed by atoms with Gasteiger partial charge in [0.25, 0.3) is 5.91 Å². The van der Waals surface area contributed by atoms with Crippen molar-refractivity contribution in [1.82, 2.24) is 10.6 Å². The molecular weight excluding hydrogens is 332 g/mol. The Hall–Kier alpha value is -3.15. The highest BCUT2D eigenvalue weighted by molar-refractivity contribution is 5.97. The lowest BCUT2D eigenvalue weighted by atomic mass is 9.98. The Morgan fingerprint density at radius 3 is 2.00 bits per heavy atom. The molecule has 0 saturated carbocycles. The summed E-state index contributed by atoms with van der Waals surface area (Å²) in [5, 5.41) is 4.45. The molecule has 0 bridgehead atoms. The fraction of sp³-hybridized carbons (Fsp3) is 0.250. The SMILES string of the molecule is CNC(=O)NC(=O)[C@H](OC(=O)C[C@@H](C)c1ccccc1)c1ccccc1. The Kier molecular flexibility index (Phi) is 6.91. The molecule has 0 unspecified atom stereocenters. The van der Waals surface area contributed by atoms with E-state index in [2.05, 4.69) is 10.6 Å². The van der Waals surface area contributed by atoms with Gasteiger partial charge in [0.05, 0.1) is 6.42 Å². The Labute approximate surface area is 152 Å². The van der Waals surface area contributed by atoms with E-state index in [0.29, 0.717) is 5.56 Å². The topological polar surface area (TPSA) is 84.5 Å². The van der Waals surface area contributed by atoms with Gasteiger partial charge in [0.1, 0.15) is 0 Å². The Bertz CT molecular complexity index is 747. The van der Waals surface area contributed by atoms with Crippen LogP contribution >= 0.6 is 0 Å². The lowest BCUT2D eigenvalue weighted by Crippen LogP contribution is -2.41. The number of imide groups is 1. The van der Waals surface area contributed by atoms with Gasteiger partial charge in [-0.2, -0.15) is 0 Å². The molecular formula is C20H22N2O4. The lowest BCUT2D eigenvalue weighted by Gasteiger charge is -2.19. The second-order valence-corrected chi connectivity index (χ2v) is 5.86. The highest BCUT2D eigenvalue weighted by Crippen LogP contribution is 2.23. The van der Waals surface area contributed by atoms with E-state index in [0.717, 1.165) is 5.56 Å². The van der Waals surface area contributed by atoms with Crippen LogP contribution in [-0.4, -0.2) is 25.0 Å². The number of rotatable bonds is 6. The molecule has 2 N–H and O–H groups in total. The molecule has 2 atom stereocenters. The van der Waals surface area contributed by atoms with Crippen molar-refractivity contribution in [2.45, 2.75) is 25.4 Å². The predicted molar refractivity (Wildman–Crippen MR) is 97.3 cm³/mol. The summed E-state index contributed by atoms with van der Waals surface area (Å²) >= 11 is 0. The number of esters is 1. The molecule has 136 valence electrons. The van der Waals surface area contributed by atoms with Crippen molar-refractivity contribution in [1.29, 1.82) is 0 Å². The zero-order chi connectivity index (χ0) is 18.9. The number of hydrogen-bond donors (Lipinski definition) is 2. The van der Waals surface area contributed by atoms with E-state index in [1.54, 1.807) is 30.3 Å². The van der Waals surface area contributed by atoms with Crippen molar-refractivity contribution in [2.75, 3.05) is 7.05 Å². The monoisotopic (exact) mass is 354 g/mol. The summed E-state index contributed by atoms with van der Waals surface area (Å²) in [5.41, 5.74) is 1.50. The molecule has 3 amide bonds. The number of nitrogens with one attached hydrogen (secondary N) is 2. The molecule has 2 aromatic rings. The maximum absolute atomic E-state index is 12.4. The van der Waals surface area contributed by atoms with Gasteiger partial charge >= 0.3 is 12.0 Å². The maximum atomic E-state index is 12.4. The van der Waals surface area contributed by atoms with Crippen LogP contribution in [0.15, 0.2) is 60.7 Å². The average Bonchev–Trinajstić information content (AvgIpc) is 2.67. The molecule has 0 aliphatic rings. The predicted octanol–water partition coefficient (Wildman–Crippen LogP) is 2.92. The van der Waals surface area contributed by atoms with E-state index < -0.39 is 24.0 Å². The van der Waals surface area contributed by atoms with Gasteiger partial charge in [-0.05, 0) is 11.5 Å². The summed E-state index contributed by atoms with van der Waals surface area (Å²) in [5.74, 6) is -1.26. The van der Waals surface area contributed by atoms with E-state index >= 15 is 0 Å². The molecule has 6 heteroatoms. The first kappa shape index (κ1) is 19.2. The van der Waals surface area contributed by atoms with Crippen molar-refractivity contribution in [3.8, 4) is 0 Å². The van der Waals surface area contributed by atoms with Gasteiger partial charge in [-0.1, -0.05) is 67.6 Å². The van der Waals surface area contributed by atoms with Gasteiger partial charge in [0, 0.05) is 12.6 Å². The van der Waals surface area contributed by atoms with Crippen molar-refractivity contribution in [3.05, 3.63) is 71.8 Å². The third-order valence-electron chi connectivity index (χ3n) is 3.90. The number of urea groups is 1. The summed E-state index contributed by atoms with van der Waals surface area (Å²) in [7, 11) is 1.40. The van der Waals surface area contributed by atoms with Crippen molar-refractivity contribution in [2.24, 2.45) is 0 Å². The second kappa shape index (κ2) is 9.36. The Morgan fingerprint density at radius 2 is 1.46 bits per heavy atom. The van der Waals surface area contributed by atoms with Crippen LogP contribution in [0.3, 0.4) is 0 Å². The summed E-state index contributed by atoms with van der Waals surface area (Å²) < 4.78 is 5.40. The largest absolute Gasteiger partial charge is 0.447 e. The summed E-state index contributed by atoms with van der Waals surface area (Å²) in [6.45, 7) is 1.92. The highest BCUT2D eigenvalue weighted by Gasteiger charge is 2.27. The maximum Gasteiger partial charge on any atom is 0.321 e. The van der Waals surface area contributed by atoms with Gasteiger partial charge in [-0.25, -0.2) is 4.79 Å². The third-order valence-corrected chi connectivity index (χ3v) is 3.90. The Balaban J connectivity index is 2.09. The fourth-order valence-electron chi connectivity index (χ4n) is 2.47. The van der Waals surface area contributed by atoms with Gasteiger partial charge in [0.15, 0.2) is 0 Å². The van der Waals surface area contributed by atoms with E-state index in [4.69, 9.17) is 4.74 Å². The molecule has 26 heavy (non-hydrogen) atoms. The normalized spacial score (nSPS) is 12.5. The number of amides is 3. The fourth-order valence-corrected chi connectivity index (χ4v) is 2.47. The zero-order valence-electron chi connectivity index (χ0n) is 14.8. The average molecular weight is 354 g/mol. The summed E-state index contributed by atoms with van der Waals surface area (Å²) in [6, 6.07) is 17.5. The van der Waals surface area contributed by atoms with Crippen LogP contribution in [0.5, 0.6) is 0 Å². The van der Waals surface area contributed by atoms with Crippen LogP contribution in [0.1, 0.15) is 36.5 Å². The molecule has 2 aromatic carbocycles. The van der Waals surface area contributed by atoms with Gasteiger partial charge in [0.2, 0.25) is 6.10 Å². The van der Waals surface area contributed by atoms with Crippen molar-refractivity contribution < 1.29 is 19.1 Å². The standard InChI is InChI=1S/C20H22N2O4/c1-14(15-9-5-3-6-10-15)13-17(23)26-18(16-11-7-4-8-12-16)19(24)22-20(25)21-2/h3-12,14,18H,13H2,1-2H3,(H2,21,22,24,25)/t14-,18-/m1/s1. The first-order chi connectivity index (χ1) is 12.5. The van der Waals surface area contributed by atoms with Crippen LogP contribution in [0.4, 0.5) is 4.79 Å². The minimum Gasteiger partial charge on any atom is -0.447 e. The molecule has 6 nitrogen and oxygen atoms in total. The quantitative estimate of drug-likeness (QED) is 0.781. The van der Waals surface area contributed by atoms with E-state index in [1.165, 1.54) is 7.05 Å². The molecule has 0 spiro atoms. The highest BCUT2D eigenvalue weighted by atomic mass is 16.5. The van der Waals surface area contributed by atoms with E-state index in [1.807, 2.05) is 37.3 Å². The summed E-state index contributed by atoms with van der Waals surface area (Å²) in [6.07, 6.45) is -1.07. The van der Waals surface area contributed by atoms with Gasteiger partial charge < -0.3 is 10.1 Å². The van der Waals surface area contributed by atoms with E-state index in [-0.39, 0.29) is 12.3 Å². The molecule has 0 saturated heterocycles.